The summed E-state index contributed by atoms with van der Waals surface area (Å²) < 4.78 is 0. The SMILES string of the molecule is CCP(CC)C1CSCCC(C)C(C)C1C(C)P(c1ccccc1C)c1ccccc1C. The highest BCUT2D eigenvalue weighted by atomic mass is 32.2. The van der Waals surface area contributed by atoms with E-state index >= 15 is 0 Å². The minimum atomic E-state index is -0.403. The van der Waals surface area contributed by atoms with Crippen molar-refractivity contribution in [2.24, 2.45) is 17.8 Å². The Bertz CT molecular complexity index is 801. The molecule has 0 amide bonds. The monoisotopic (exact) mass is 486 g/mol. The first-order valence-corrected chi connectivity index (χ1v) is 17.0. The molecular formula is C29H44P2S. The van der Waals surface area contributed by atoms with E-state index in [2.05, 4.69) is 109 Å². The lowest BCUT2D eigenvalue weighted by atomic mass is 9.79. The van der Waals surface area contributed by atoms with E-state index in [1.807, 2.05) is 0 Å². The summed E-state index contributed by atoms with van der Waals surface area (Å²) in [6.07, 6.45) is 4.15. The third-order valence-corrected chi connectivity index (χ3v) is 15.6. The molecule has 2 aromatic carbocycles. The normalized spacial score (nSPS) is 25.5. The van der Waals surface area contributed by atoms with Crippen molar-refractivity contribution in [1.82, 2.24) is 0 Å². The minimum Gasteiger partial charge on any atom is -0.161 e. The second-order valence-corrected chi connectivity index (χ2v) is 16.5. The molecule has 5 unspecified atom stereocenters. The van der Waals surface area contributed by atoms with Gasteiger partial charge in [-0.05, 0) is 97.1 Å². The van der Waals surface area contributed by atoms with Gasteiger partial charge in [-0.2, -0.15) is 11.8 Å². The Hall–Kier alpha value is -0.350. The van der Waals surface area contributed by atoms with E-state index in [1.54, 1.807) is 10.6 Å². The zero-order chi connectivity index (χ0) is 23.3. The third kappa shape index (κ3) is 5.82. The smallest absolute Gasteiger partial charge is 0.000330 e. The molecule has 0 aliphatic carbocycles. The molecular weight excluding hydrogens is 442 g/mol. The van der Waals surface area contributed by atoms with E-state index in [4.69, 9.17) is 0 Å². The molecule has 1 fully saturated rings. The first-order chi connectivity index (χ1) is 15.4. The summed E-state index contributed by atoms with van der Waals surface area (Å²) in [5.74, 6) is 5.13. The maximum Gasteiger partial charge on any atom is 0.000330 e. The van der Waals surface area contributed by atoms with Crippen molar-refractivity contribution in [3.8, 4) is 0 Å². The Morgan fingerprint density at radius 3 is 1.94 bits per heavy atom. The van der Waals surface area contributed by atoms with Crippen LogP contribution < -0.4 is 10.6 Å². The molecule has 1 heterocycles. The van der Waals surface area contributed by atoms with Crippen LogP contribution in [-0.4, -0.2) is 35.1 Å². The lowest BCUT2D eigenvalue weighted by Gasteiger charge is -2.46. The van der Waals surface area contributed by atoms with Gasteiger partial charge in [-0.15, -0.1) is 7.92 Å². The van der Waals surface area contributed by atoms with Crippen LogP contribution in [0, 0.1) is 31.6 Å². The van der Waals surface area contributed by atoms with Crippen LogP contribution in [0.25, 0.3) is 0 Å². The fraction of sp³-hybridized carbons (Fsp3) is 0.586. The van der Waals surface area contributed by atoms with Crippen molar-refractivity contribution in [1.29, 1.82) is 0 Å². The zero-order valence-corrected chi connectivity index (χ0v) is 23.9. The molecule has 5 atom stereocenters. The molecule has 0 N–H and O–H groups in total. The largest absolute Gasteiger partial charge is 0.161 e. The molecule has 0 aromatic heterocycles. The first-order valence-electron chi connectivity index (χ1n) is 12.6. The van der Waals surface area contributed by atoms with E-state index < -0.39 is 7.92 Å². The van der Waals surface area contributed by atoms with Gasteiger partial charge in [0.05, 0.1) is 0 Å². The van der Waals surface area contributed by atoms with Crippen LogP contribution in [0.4, 0.5) is 0 Å². The standard InChI is InChI=1S/C29H44P2S/c1-8-30(9-2)28-20-32-19-18-21(3)24(6)29(28)25(7)31(26-16-12-10-14-22(26)4)27-17-13-11-15-23(27)5/h10-17,21,24-25,28-29H,8-9,18-20H2,1-7H3. The van der Waals surface area contributed by atoms with Crippen molar-refractivity contribution >= 4 is 38.2 Å². The van der Waals surface area contributed by atoms with Crippen LogP contribution in [-0.2, 0) is 0 Å². The molecule has 0 bridgehead atoms. The fourth-order valence-electron chi connectivity index (χ4n) is 5.79. The lowest BCUT2D eigenvalue weighted by Crippen LogP contribution is -2.42. The second-order valence-electron chi connectivity index (χ2n) is 9.75. The van der Waals surface area contributed by atoms with Gasteiger partial charge in [0, 0.05) is 5.75 Å². The van der Waals surface area contributed by atoms with E-state index in [1.165, 1.54) is 41.4 Å². The van der Waals surface area contributed by atoms with Crippen LogP contribution in [0.15, 0.2) is 48.5 Å². The third-order valence-electron chi connectivity index (χ3n) is 7.95. The van der Waals surface area contributed by atoms with Gasteiger partial charge in [0.25, 0.3) is 0 Å². The average molecular weight is 487 g/mol. The van der Waals surface area contributed by atoms with Crippen LogP contribution in [0.3, 0.4) is 0 Å². The van der Waals surface area contributed by atoms with Gasteiger partial charge < -0.3 is 0 Å². The molecule has 176 valence electrons. The highest BCUT2D eigenvalue weighted by molar-refractivity contribution is 7.99. The number of thioether (sulfide) groups is 1. The molecule has 0 saturated carbocycles. The number of rotatable bonds is 7. The molecule has 32 heavy (non-hydrogen) atoms. The van der Waals surface area contributed by atoms with Gasteiger partial charge in [-0.3, -0.25) is 0 Å². The summed E-state index contributed by atoms with van der Waals surface area (Å²) >= 11 is 2.26. The van der Waals surface area contributed by atoms with E-state index in [0.717, 1.165) is 23.4 Å². The topological polar surface area (TPSA) is 0 Å². The van der Waals surface area contributed by atoms with Crippen LogP contribution in [0.1, 0.15) is 52.2 Å². The van der Waals surface area contributed by atoms with E-state index in [0.29, 0.717) is 5.66 Å². The second kappa shape index (κ2) is 12.4. The van der Waals surface area contributed by atoms with Crippen molar-refractivity contribution in [2.45, 2.75) is 66.2 Å². The van der Waals surface area contributed by atoms with Crippen molar-refractivity contribution in [2.75, 3.05) is 23.8 Å². The molecule has 0 nitrogen and oxygen atoms in total. The molecule has 1 aliphatic heterocycles. The number of aryl methyl sites for hydroxylation is 2. The Kier molecular flexibility index (Phi) is 10.2. The molecule has 0 radical (unpaired) electrons. The summed E-state index contributed by atoms with van der Waals surface area (Å²) in [7, 11) is -0.312. The summed E-state index contributed by atoms with van der Waals surface area (Å²) in [5.41, 5.74) is 4.52. The zero-order valence-electron chi connectivity index (χ0n) is 21.3. The van der Waals surface area contributed by atoms with Crippen molar-refractivity contribution in [3.05, 3.63) is 59.7 Å². The highest BCUT2D eigenvalue weighted by Gasteiger charge is 2.41. The Balaban J connectivity index is 2.15. The molecule has 2 aromatic rings. The summed E-state index contributed by atoms with van der Waals surface area (Å²) in [6.45, 7) is 17.4. The molecule has 3 heteroatoms. The maximum atomic E-state index is 2.64. The Morgan fingerprint density at radius 1 is 0.906 bits per heavy atom. The van der Waals surface area contributed by atoms with Crippen LogP contribution in [0.5, 0.6) is 0 Å². The Labute approximate surface area is 205 Å². The van der Waals surface area contributed by atoms with Gasteiger partial charge >= 0.3 is 0 Å². The van der Waals surface area contributed by atoms with Gasteiger partial charge in [0.15, 0.2) is 0 Å². The number of hydrogen-bond acceptors (Lipinski definition) is 1. The van der Waals surface area contributed by atoms with Crippen LogP contribution >= 0.6 is 27.6 Å². The molecule has 1 aliphatic rings. The predicted octanol–water partition coefficient (Wildman–Crippen LogP) is 8.04. The Morgan fingerprint density at radius 2 is 1.44 bits per heavy atom. The molecule has 1 saturated heterocycles. The minimum absolute atomic E-state index is 0.0909. The van der Waals surface area contributed by atoms with E-state index in [-0.39, 0.29) is 7.92 Å². The molecule has 0 spiro atoms. The first kappa shape index (κ1) is 26.3. The highest BCUT2D eigenvalue weighted by Crippen LogP contribution is 2.56. The van der Waals surface area contributed by atoms with Gasteiger partial charge in [-0.1, -0.05) is 83.1 Å². The summed E-state index contributed by atoms with van der Waals surface area (Å²) in [5, 5.41) is 3.21. The fourth-order valence-corrected chi connectivity index (χ4v) is 14.0. The summed E-state index contributed by atoms with van der Waals surface area (Å²) in [6, 6.07) is 18.5. The maximum absolute atomic E-state index is 2.64. The quantitative estimate of drug-likeness (QED) is 0.357. The van der Waals surface area contributed by atoms with Crippen molar-refractivity contribution < 1.29 is 0 Å². The van der Waals surface area contributed by atoms with Gasteiger partial charge in [0.2, 0.25) is 0 Å². The van der Waals surface area contributed by atoms with E-state index in [9.17, 15) is 0 Å². The number of hydrogen-bond donors (Lipinski definition) is 0. The summed E-state index contributed by atoms with van der Waals surface area (Å²) in [4.78, 5) is 0. The lowest BCUT2D eigenvalue weighted by molar-refractivity contribution is 0.250. The molecule has 3 rings (SSSR count). The van der Waals surface area contributed by atoms with Gasteiger partial charge in [0.1, 0.15) is 0 Å². The predicted molar refractivity (Wildman–Crippen MR) is 154 cm³/mol. The number of benzene rings is 2. The van der Waals surface area contributed by atoms with Gasteiger partial charge in [-0.25, -0.2) is 0 Å². The average Bonchev–Trinajstić information content (AvgIpc) is 2.78. The van der Waals surface area contributed by atoms with Crippen LogP contribution in [0.2, 0.25) is 0 Å². The van der Waals surface area contributed by atoms with Crippen molar-refractivity contribution in [3.63, 3.8) is 0 Å².